The maximum Gasteiger partial charge on any atom is 0.408 e. The largest absolute Gasteiger partial charge is 0.444 e. The average molecular weight is 320 g/mol. The standard InChI is InChI=1S/C17H24N2O2S/c1-5-14(19-16(20)21-17(2,3)4)11-15(22)18-12-13-9-7-6-8-10-13/h5-10,14H,1,11-12H2,2-4H3,(H,18,22)(H,19,20). The lowest BCUT2D eigenvalue weighted by molar-refractivity contribution is 0.0516. The van der Waals surface area contributed by atoms with E-state index in [2.05, 4.69) is 17.2 Å². The molecule has 1 aromatic carbocycles. The second kappa shape index (κ2) is 8.54. The molecule has 4 nitrogen and oxygen atoms in total. The van der Waals surface area contributed by atoms with Crippen LogP contribution in [0.25, 0.3) is 0 Å². The van der Waals surface area contributed by atoms with Gasteiger partial charge in [-0.3, -0.25) is 0 Å². The molecule has 0 aliphatic rings. The molecule has 22 heavy (non-hydrogen) atoms. The Balaban J connectivity index is 2.40. The highest BCUT2D eigenvalue weighted by Gasteiger charge is 2.18. The summed E-state index contributed by atoms with van der Waals surface area (Å²) in [7, 11) is 0. The van der Waals surface area contributed by atoms with Crippen LogP contribution in [0.15, 0.2) is 43.0 Å². The average Bonchev–Trinajstić information content (AvgIpc) is 2.43. The molecule has 0 aliphatic carbocycles. The molecule has 0 aromatic heterocycles. The van der Waals surface area contributed by atoms with Crippen molar-refractivity contribution in [2.45, 2.75) is 45.4 Å². The Hall–Kier alpha value is -1.88. The lowest BCUT2D eigenvalue weighted by atomic mass is 10.2. The first kappa shape index (κ1) is 18.2. The Bertz CT molecular complexity index is 509. The zero-order valence-corrected chi connectivity index (χ0v) is 14.2. The van der Waals surface area contributed by atoms with Crippen LogP contribution in [-0.2, 0) is 11.3 Å². The van der Waals surface area contributed by atoms with Gasteiger partial charge in [0.05, 0.1) is 11.0 Å². The van der Waals surface area contributed by atoms with E-state index in [0.717, 1.165) is 5.56 Å². The van der Waals surface area contributed by atoms with Crippen molar-refractivity contribution in [2.24, 2.45) is 0 Å². The number of thiocarbonyl (C=S) groups is 1. The van der Waals surface area contributed by atoms with E-state index < -0.39 is 11.7 Å². The van der Waals surface area contributed by atoms with Gasteiger partial charge >= 0.3 is 6.09 Å². The highest BCUT2D eigenvalue weighted by atomic mass is 32.1. The molecular formula is C17H24N2O2S. The van der Waals surface area contributed by atoms with E-state index in [4.69, 9.17) is 17.0 Å². The molecule has 0 saturated heterocycles. The van der Waals surface area contributed by atoms with E-state index in [1.54, 1.807) is 6.08 Å². The van der Waals surface area contributed by atoms with Crippen molar-refractivity contribution >= 4 is 23.3 Å². The number of amides is 1. The van der Waals surface area contributed by atoms with Crippen molar-refractivity contribution < 1.29 is 9.53 Å². The lowest BCUT2D eigenvalue weighted by Gasteiger charge is -2.22. The van der Waals surface area contributed by atoms with Gasteiger partial charge in [0.1, 0.15) is 5.60 Å². The molecule has 0 radical (unpaired) electrons. The monoisotopic (exact) mass is 320 g/mol. The molecule has 1 aromatic rings. The van der Waals surface area contributed by atoms with Crippen molar-refractivity contribution in [1.29, 1.82) is 0 Å². The van der Waals surface area contributed by atoms with Crippen LogP contribution < -0.4 is 10.6 Å². The Morgan fingerprint density at radius 2 is 2.00 bits per heavy atom. The Morgan fingerprint density at radius 3 is 2.55 bits per heavy atom. The molecule has 1 amide bonds. The molecule has 1 unspecified atom stereocenters. The van der Waals surface area contributed by atoms with Crippen LogP contribution in [0.4, 0.5) is 4.79 Å². The van der Waals surface area contributed by atoms with Gasteiger partial charge in [-0.2, -0.15) is 0 Å². The molecule has 0 spiro atoms. The summed E-state index contributed by atoms with van der Waals surface area (Å²) in [5.41, 5.74) is 0.627. The molecule has 2 N–H and O–H groups in total. The van der Waals surface area contributed by atoms with Crippen LogP contribution in [0.3, 0.4) is 0 Å². The third kappa shape index (κ3) is 7.78. The van der Waals surface area contributed by atoms with Gasteiger partial charge in [-0.1, -0.05) is 48.6 Å². The molecule has 0 aliphatic heterocycles. The second-order valence-electron chi connectivity index (χ2n) is 5.95. The van der Waals surface area contributed by atoms with Gasteiger partial charge in [0.15, 0.2) is 0 Å². The second-order valence-corrected chi connectivity index (χ2v) is 6.45. The number of carbonyl (C=O) groups excluding carboxylic acids is 1. The van der Waals surface area contributed by atoms with Gasteiger partial charge < -0.3 is 15.4 Å². The number of nitrogens with one attached hydrogen (secondary N) is 2. The van der Waals surface area contributed by atoms with Gasteiger partial charge in [-0.25, -0.2) is 4.79 Å². The van der Waals surface area contributed by atoms with Crippen LogP contribution >= 0.6 is 12.2 Å². The molecule has 0 bridgehead atoms. The van der Waals surface area contributed by atoms with Crippen LogP contribution in [-0.4, -0.2) is 22.7 Å². The van der Waals surface area contributed by atoms with E-state index in [1.165, 1.54) is 0 Å². The van der Waals surface area contributed by atoms with E-state index in [9.17, 15) is 4.79 Å². The highest BCUT2D eigenvalue weighted by Crippen LogP contribution is 2.07. The number of carbonyl (C=O) groups is 1. The first-order chi connectivity index (χ1) is 10.3. The van der Waals surface area contributed by atoms with Gasteiger partial charge in [-0.05, 0) is 26.3 Å². The lowest BCUT2D eigenvalue weighted by Crippen LogP contribution is -2.40. The first-order valence-corrected chi connectivity index (χ1v) is 7.63. The summed E-state index contributed by atoms with van der Waals surface area (Å²) in [6, 6.07) is 9.73. The number of hydrogen-bond donors (Lipinski definition) is 2. The predicted octanol–water partition coefficient (Wildman–Crippen LogP) is 3.57. The van der Waals surface area contributed by atoms with Crippen LogP contribution in [0, 0.1) is 0 Å². The van der Waals surface area contributed by atoms with E-state index >= 15 is 0 Å². The topological polar surface area (TPSA) is 50.4 Å². The maximum absolute atomic E-state index is 11.7. The summed E-state index contributed by atoms with van der Waals surface area (Å²) in [6.45, 7) is 9.85. The number of ether oxygens (including phenoxy) is 1. The molecule has 0 heterocycles. The number of benzene rings is 1. The Labute approximate surface area is 137 Å². The maximum atomic E-state index is 11.7. The Morgan fingerprint density at radius 1 is 1.36 bits per heavy atom. The smallest absolute Gasteiger partial charge is 0.408 e. The summed E-state index contributed by atoms with van der Waals surface area (Å²) in [4.78, 5) is 12.4. The molecule has 0 fully saturated rings. The number of alkyl carbamates (subject to hydrolysis) is 1. The van der Waals surface area contributed by atoms with Crippen molar-refractivity contribution in [3.8, 4) is 0 Å². The van der Waals surface area contributed by atoms with Crippen molar-refractivity contribution in [1.82, 2.24) is 10.6 Å². The SMILES string of the molecule is C=CC(CC(=S)NCc1ccccc1)NC(=O)OC(C)(C)C. The van der Waals surface area contributed by atoms with Gasteiger partial charge in [-0.15, -0.1) is 6.58 Å². The predicted molar refractivity (Wildman–Crippen MR) is 93.9 cm³/mol. The fraction of sp³-hybridized carbons (Fsp3) is 0.412. The first-order valence-electron chi connectivity index (χ1n) is 7.23. The fourth-order valence-electron chi connectivity index (χ4n) is 1.72. The summed E-state index contributed by atoms with van der Waals surface area (Å²) >= 11 is 5.31. The van der Waals surface area contributed by atoms with E-state index in [1.807, 2.05) is 51.1 Å². The minimum Gasteiger partial charge on any atom is -0.444 e. The zero-order valence-electron chi connectivity index (χ0n) is 13.4. The quantitative estimate of drug-likeness (QED) is 0.621. The molecule has 1 rings (SSSR count). The normalized spacial score (nSPS) is 12.1. The summed E-state index contributed by atoms with van der Waals surface area (Å²) in [5.74, 6) is 0. The summed E-state index contributed by atoms with van der Waals surface area (Å²) in [5, 5.41) is 5.92. The third-order valence-corrected chi connectivity index (χ3v) is 3.04. The van der Waals surface area contributed by atoms with Gasteiger partial charge in [0.25, 0.3) is 0 Å². The molecular weight excluding hydrogens is 296 g/mol. The number of rotatable bonds is 6. The third-order valence-electron chi connectivity index (χ3n) is 2.72. The van der Waals surface area contributed by atoms with Crippen LogP contribution in [0.5, 0.6) is 0 Å². The van der Waals surface area contributed by atoms with Crippen molar-refractivity contribution in [3.05, 3.63) is 48.6 Å². The van der Waals surface area contributed by atoms with E-state index in [-0.39, 0.29) is 6.04 Å². The van der Waals surface area contributed by atoms with Gasteiger partial charge in [0.2, 0.25) is 0 Å². The molecule has 5 heteroatoms. The zero-order chi connectivity index (χ0) is 16.6. The molecule has 1 atom stereocenters. The minimum atomic E-state index is -0.526. The number of hydrogen-bond acceptors (Lipinski definition) is 3. The van der Waals surface area contributed by atoms with Crippen molar-refractivity contribution in [2.75, 3.05) is 0 Å². The highest BCUT2D eigenvalue weighted by molar-refractivity contribution is 7.80. The van der Waals surface area contributed by atoms with Crippen LogP contribution in [0.1, 0.15) is 32.8 Å². The molecule has 120 valence electrons. The minimum absolute atomic E-state index is 0.259. The summed E-state index contributed by atoms with van der Waals surface area (Å²) in [6.07, 6.45) is 1.67. The molecule has 0 saturated carbocycles. The fourth-order valence-corrected chi connectivity index (χ4v) is 1.97. The van der Waals surface area contributed by atoms with Crippen LogP contribution in [0.2, 0.25) is 0 Å². The van der Waals surface area contributed by atoms with Crippen molar-refractivity contribution in [3.63, 3.8) is 0 Å². The summed E-state index contributed by atoms with van der Waals surface area (Å²) < 4.78 is 5.22. The van der Waals surface area contributed by atoms with Gasteiger partial charge in [0, 0.05) is 13.0 Å². The van der Waals surface area contributed by atoms with E-state index in [0.29, 0.717) is 18.0 Å². The Kier molecular flexibility index (Phi) is 7.05.